The Labute approximate surface area is 124 Å². The maximum Gasteiger partial charge on any atom is 0.234 e. The quantitative estimate of drug-likeness (QED) is 0.830. The van der Waals surface area contributed by atoms with Crippen LogP contribution in [0.3, 0.4) is 0 Å². The van der Waals surface area contributed by atoms with Crippen molar-refractivity contribution < 1.29 is 13.7 Å². The molecule has 2 aromatic rings. The van der Waals surface area contributed by atoms with Crippen LogP contribution in [0.25, 0.3) is 11.4 Å². The Bertz CT molecular complexity index is 625. The van der Waals surface area contributed by atoms with Crippen molar-refractivity contribution in [1.82, 2.24) is 10.1 Å². The summed E-state index contributed by atoms with van der Waals surface area (Å²) in [5, 5.41) is 3.81. The minimum atomic E-state index is -0.357. The number of hydrogen-bond donors (Lipinski definition) is 0. The third-order valence-electron chi connectivity index (χ3n) is 2.63. The molecule has 0 bridgehead atoms. The van der Waals surface area contributed by atoms with E-state index in [1.165, 1.54) is 6.07 Å². The first-order valence-corrected chi connectivity index (χ1v) is 7.04. The van der Waals surface area contributed by atoms with Gasteiger partial charge in [-0.05, 0) is 40.0 Å². The molecular formula is C14H14BrFN2O2. The normalized spacial score (nSPS) is 11.1. The van der Waals surface area contributed by atoms with Gasteiger partial charge in [-0.25, -0.2) is 4.39 Å². The van der Waals surface area contributed by atoms with Gasteiger partial charge < -0.3 is 4.52 Å². The molecule has 0 fully saturated rings. The summed E-state index contributed by atoms with van der Waals surface area (Å²) < 4.78 is 18.5. The molecule has 0 atom stereocenters. The fraction of sp³-hybridized carbons (Fsp3) is 0.357. The zero-order valence-electron chi connectivity index (χ0n) is 11.2. The van der Waals surface area contributed by atoms with Crippen molar-refractivity contribution in [2.24, 2.45) is 5.92 Å². The first kappa shape index (κ1) is 14.8. The lowest BCUT2D eigenvalue weighted by atomic mass is 10.1. The van der Waals surface area contributed by atoms with E-state index < -0.39 is 0 Å². The Kier molecular flexibility index (Phi) is 4.65. The van der Waals surface area contributed by atoms with Crippen LogP contribution in [0.4, 0.5) is 4.39 Å². The molecule has 0 N–H and O–H groups in total. The maximum atomic E-state index is 13.2. The fourth-order valence-electron chi connectivity index (χ4n) is 1.78. The van der Waals surface area contributed by atoms with E-state index in [9.17, 15) is 9.18 Å². The van der Waals surface area contributed by atoms with Crippen molar-refractivity contribution in [3.05, 3.63) is 34.4 Å². The molecule has 0 saturated carbocycles. The highest BCUT2D eigenvalue weighted by Crippen LogP contribution is 2.23. The largest absolute Gasteiger partial charge is 0.339 e. The summed E-state index contributed by atoms with van der Waals surface area (Å²) in [5.74, 6) is 0.641. The zero-order valence-corrected chi connectivity index (χ0v) is 12.8. The molecule has 106 valence electrons. The van der Waals surface area contributed by atoms with Crippen molar-refractivity contribution >= 4 is 21.7 Å². The number of benzene rings is 1. The van der Waals surface area contributed by atoms with Gasteiger partial charge >= 0.3 is 0 Å². The van der Waals surface area contributed by atoms with Gasteiger partial charge in [0, 0.05) is 12.0 Å². The number of carbonyl (C=O) groups excluding carboxylic acids is 1. The predicted molar refractivity (Wildman–Crippen MR) is 75.6 cm³/mol. The lowest BCUT2D eigenvalue weighted by Gasteiger charge is -2.00. The molecule has 1 aromatic heterocycles. The molecule has 0 spiro atoms. The van der Waals surface area contributed by atoms with Crippen molar-refractivity contribution in [1.29, 1.82) is 0 Å². The highest BCUT2D eigenvalue weighted by molar-refractivity contribution is 9.10. The second-order valence-electron chi connectivity index (χ2n) is 4.95. The molecule has 0 unspecified atom stereocenters. The molecule has 20 heavy (non-hydrogen) atoms. The summed E-state index contributed by atoms with van der Waals surface area (Å²) in [6.07, 6.45) is 0.618. The Hall–Kier alpha value is -1.56. The van der Waals surface area contributed by atoms with E-state index in [2.05, 4.69) is 26.1 Å². The van der Waals surface area contributed by atoms with E-state index in [1.807, 2.05) is 13.8 Å². The minimum Gasteiger partial charge on any atom is -0.339 e. The fourth-order valence-corrected chi connectivity index (χ4v) is 2.15. The van der Waals surface area contributed by atoms with Crippen LogP contribution in [0.1, 0.15) is 26.2 Å². The van der Waals surface area contributed by atoms with Gasteiger partial charge in [0.15, 0.2) is 0 Å². The number of Topliss-reactive ketones (excluding diaryl/α,β-unsaturated/α-hetero) is 1. The zero-order chi connectivity index (χ0) is 14.7. The smallest absolute Gasteiger partial charge is 0.234 e. The highest BCUT2D eigenvalue weighted by atomic mass is 79.9. The van der Waals surface area contributed by atoms with Gasteiger partial charge in [0.2, 0.25) is 11.7 Å². The molecular weight excluding hydrogens is 327 g/mol. The molecule has 2 rings (SSSR count). The number of nitrogens with zero attached hydrogens (tertiary/aromatic N) is 2. The van der Waals surface area contributed by atoms with E-state index in [-0.39, 0.29) is 23.9 Å². The molecule has 0 aliphatic rings. The molecule has 0 aliphatic carbocycles. The van der Waals surface area contributed by atoms with Gasteiger partial charge in [-0.1, -0.05) is 19.0 Å². The average molecular weight is 341 g/mol. The van der Waals surface area contributed by atoms with Crippen LogP contribution in [-0.2, 0) is 11.2 Å². The van der Waals surface area contributed by atoms with E-state index in [0.717, 1.165) is 0 Å². The van der Waals surface area contributed by atoms with Crippen LogP contribution in [0, 0.1) is 11.7 Å². The predicted octanol–water partition coefficient (Wildman–Crippen LogP) is 3.80. The topological polar surface area (TPSA) is 56.0 Å². The summed E-state index contributed by atoms with van der Waals surface area (Å²) in [6.45, 7) is 3.96. The van der Waals surface area contributed by atoms with E-state index >= 15 is 0 Å². The summed E-state index contributed by atoms with van der Waals surface area (Å²) in [4.78, 5) is 15.8. The molecule has 0 aliphatic heterocycles. The summed E-state index contributed by atoms with van der Waals surface area (Å²) in [7, 11) is 0. The molecule has 4 nitrogen and oxygen atoms in total. The molecule has 1 aromatic carbocycles. The third-order valence-corrected chi connectivity index (χ3v) is 3.24. The highest BCUT2D eigenvalue weighted by Gasteiger charge is 2.14. The lowest BCUT2D eigenvalue weighted by molar-refractivity contribution is -0.119. The second kappa shape index (κ2) is 6.26. The van der Waals surface area contributed by atoms with Crippen LogP contribution >= 0.6 is 15.9 Å². The minimum absolute atomic E-state index is 0.0653. The standard InChI is InChI=1S/C14H14BrFN2O2/c1-8(2)5-10(19)7-13-17-14(18-20-13)9-3-4-12(16)11(15)6-9/h3-4,6,8H,5,7H2,1-2H3. The Morgan fingerprint density at radius 1 is 1.45 bits per heavy atom. The number of ketones is 1. The summed E-state index contributed by atoms with van der Waals surface area (Å²) in [6, 6.07) is 4.45. The van der Waals surface area contributed by atoms with Crippen molar-refractivity contribution in [2.45, 2.75) is 26.7 Å². The lowest BCUT2D eigenvalue weighted by Crippen LogP contribution is -2.06. The molecule has 0 radical (unpaired) electrons. The van der Waals surface area contributed by atoms with Crippen molar-refractivity contribution in [3.8, 4) is 11.4 Å². The van der Waals surface area contributed by atoms with E-state index in [4.69, 9.17) is 4.52 Å². The Balaban J connectivity index is 2.12. The number of halogens is 2. The maximum absolute atomic E-state index is 13.2. The van der Waals surface area contributed by atoms with Crippen LogP contribution in [0.5, 0.6) is 0 Å². The van der Waals surface area contributed by atoms with Crippen LogP contribution in [-0.4, -0.2) is 15.9 Å². The summed E-state index contributed by atoms with van der Waals surface area (Å²) in [5.41, 5.74) is 0.629. The van der Waals surface area contributed by atoms with Crippen molar-refractivity contribution in [2.75, 3.05) is 0 Å². The van der Waals surface area contributed by atoms with Gasteiger partial charge in [-0.2, -0.15) is 4.98 Å². The van der Waals surface area contributed by atoms with Gasteiger partial charge in [0.1, 0.15) is 11.6 Å². The molecule has 0 saturated heterocycles. The number of carbonyl (C=O) groups is 1. The van der Waals surface area contributed by atoms with Gasteiger partial charge in [0.05, 0.1) is 10.9 Å². The van der Waals surface area contributed by atoms with Crippen LogP contribution in [0.2, 0.25) is 0 Å². The number of rotatable bonds is 5. The van der Waals surface area contributed by atoms with Crippen LogP contribution < -0.4 is 0 Å². The van der Waals surface area contributed by atoms with Crippen LogP contribution in [0.15, 0.2) is 27.2 Å². The molecule has 1 heterocycles. The SMILES string of the molecule is CC(C)CC(=O)Cc1nc(-c2ccc(F)c(Br)c2)no1. The first-order chi connectivity index (χ1) is 9.45. The Morgan fingerprint density at radius 2 is 2.20 bits per heavy atom. The van der Waals surface area contributed by atoms with Gasteiger partial charge in [0.25, 0.3) is 0 Å². The second-order valence-corrected chi connectivity index (χ2v) is 5.81. The monoisotopic (exact) mass is 340 g/mol. The first-order valence-electron chi connectivity index (χ1n) is 6.25. The Morgan fingerprint density at radius 3 is 2.85 bits per heavy atom. The van der Waals surface area contributed by atoms with Gasteiger partial charge in [-0.15, -0.1) is 0 Å². The van der Waals surface area contributed by atoms with Crippen molar-refractivity contribution in [3.63, 3.8) is 0 Å². The van der Waals surface area contributed by atoms with E-state index in [1.54, 1.807) is 12.1 Å². The number of hydrogen-bond acceptors (Lipinski definition) is 4. The summed E-state index contributed by atoms with van der Waals surface area (Å²) >= 11 is 3.10. The molecule has 0 amide bonds. The van der Waals surface area contributed by atoms with E-state index in [0.29, 0.717) is 28.2 Å². The third kappa shape index (κ3) is 3.72. The molecule has 6 heteroatoms. The van der Waals surface area contributed by atoms with Gasteiger partial charge in [-0.3, -0.25) is 4.79 Å². The number of aromatic nitrogens is 2. The average Bonchev–Trinajstić information content (AvgIpc) is 2.80.